The van der Waals surface area contributed by atoms with E-state index in [1.807, 2.05) is 13.1 Å². The molecule has 1 aromatic rings. The van der Waals surface area contributed by atoms with E-state index >= 15 is 0 Å². The Morgan fingerprint density at radius 3 is 2.50 bits per heavy atom. The normalized spacial score (nSPS) is 20.7. The summed E-state index contributed by atoms with van der Waals surface area (Å²) in [6.07, 6.45) is 8.00. The molecule has 1 fully saturated rings. The van der Waals surface area contributed by atoms with Gasteiger partial charge in [0.2, 0.25) is 0 Å². The second-order valence-electron chi connectivity index (χ2n) is 4.41. The molecule has 0 amide bonds. The van der Waals surface area contributed by atoms with E-state index in [4.69, 9.17) is 5.73 Å². The molecule has 0 bridgehead atoms. The van der Waals surface area contributed by atoms with Crippen LogP contribution in [0.3, 0.4) is 0 Å². The summed E-state index contributed by atoms with van der Waals surface area (Å²) in [6, 6.07) is 4.19. The van der Waals surface area contributed by atoms with Crippen molar-refractivity contribution in [2.24, 2.45) is 5.73 Å². The van der Waals surface area contributed by atoms with Crippen molar-refractivity contribution in [3.05, 3.63) is 29.6 Å². The van der Waals surface area contributed by atoms with Crippen molar-refractivity contribution in [2.45, 2.75) is 44.6 Å². The third-order valence-corrected chi connectivity index (χ3v) is 3.23. The number of nitrogens with two attached hydrogens (primary N) is 1. The highest BCUT2D eigenvalue weighted by Crippen LogP contribution is 2.34. The van der Waals surface area contributed by atoms with Gasteiger partial charge in [-0.3, -0.25) is 4.98 Å². The van der Waals surface area contributed by atoms with Crippen LogP contribution in [0.4, 0.5) is 0 Å². The van der Waals surface area contributed by atoms with E-state index in [0.717, 1.165) is 18.5 Å². The molecule has 76 valence electrons. The fourth-order valence-electron chi connectivity index (χ4n) is 2.23. The van der Waals surface area contributed by atoms with Gasteiger partial charge in [0.15, 0.2) is 0 Å². The number of nitrogens with zero attached hydrogens (tertiary/aromatic N) is 1. The maximum absolute atomic E-state index is 6.39. The Balaban J connectivity index is 2.23. The lowest BCUT2D eigenvalue weighted by molar-refractivity contribution is 0.301. The molecular weight excluding hydrogens is 172 g/mol. The highest BCUT2D eigenvalue weighted by atomic mass is 14.8. The molecule has 1 heterocycles. The predicted octanol–water partition coefficient (Wildman–Crippen LogP) is 2.51. The largest absolute Gasteiger partial charge is 0.321 e. The molecule has 2 heteroatoms. The summed E-state index contributed by atoms with van der Waals surface area (Å²) in [7, 11) is 0. The third-order valence-electron chi connectivity index (χ3n) is 3.23. The molecule has 2 nitrogen and oxygen atoms in total. The summed E-state index contributed by atoms with van der Waals surface area (Å²) in [5.41, 5.74) is 8.57. The number of hydrogen-bond acceptors (Lipinski definition) is 2. The molecule has 2 N–H and O–H groups in total. The van der Waals surface area contributed by atoms with Gasteiger partial charge in [-0.2, -0.15) is 0 Å². The third kappa shape index (κ3) is 1.80. The zero-order chi connectivity index (χ0) is 10.0. The van der Waals surface area contributed by atoms with E-state index in [2.05, 4.69) is 17.1 Å². The Labute approximate surface area is 85.5 Å². The molecule has 14 heavy (non-hydrogen) atoms. The Bertz CT molecular complexity index is 297. The van der Waals surface area contributed by atoms with Crippen LogP contribution >= 0.6 is 0 Å². The number of aryl methyl sites for hydroxylation is 1. The van der Waals surface area contributed by atoms with Gasteiger partial charge in [-0.05, 0) is 31.4 Å². The average molecular weight is 190 g/mol. The van der Waals surface area contributed by atoms with Crippen LogP contribution in [0.15, 0.2) is 18.3 Å². The number of pyridine rings is 1. The van der Waals surface area contributed by atoms with Crippen molar-refractivity contribution in [3.63, 3.8) is 0 Å². The summed E-state index contributed by atoms with van der Waals surface area (Å²) >= 11 is 0. The molecule has 1 aliphatic rings. The monoisotopic (exact) mass is 190 g/mol. The summed E-state index contributed by atoms with van der Waals surface area (Å²) in [4.78, 5) is 4.32. The van der Waals surface area contributed by atoms with Gasteiger partial charge in [-0.25, -0.2) is 0 Å². The second kappa shape index (κ2) is 3.70. The Morgan fingerprint density at radius 1 is 1.21 bits per heavy atom. The summed E-state index contributed by atoms with van der Waals surface area (Å²) in [5, 5.41) is 0. The molecule has 0 aromatic carbocycles. The van der Waals surface area contributed by atoms with Crippen LogP contribution in [0, 0.1) is 6.92 Å². The van der Waals surface area contributed by atoms with Crippen molar-refractivity contribution < 1.29 is 0 Å². The van der Waals surface area contributed by atoms with Gasteiger partial charge < -0.3 is 5.73 Å². The number of hydrogen-bond donors (Lipinski definition) is 1. The Hall–Kier alpha value is -0.890. The minimum absolute atomic E-state index is 0.0983. The molecule has 0 saturated heterocycles. The molecular formula is C12H18N2. The Morgan fingerprint density at radius 2 is 1.93 bits per heavy atom. The van der Waals surface area contributed by atoms with E-state index in [1.165, 1.54) is 24.8 Å². The molecule has 2 rings (SSSR count). The van der Waals surface area contributed by atoms with Crippen molar-refractivity contribution in [3.8, 4) is 0 Å². The fraction of sp³-hybridized carbons (Fsp3) is 0.583. The lowest BCUT2D eigenvalue weighted by Crippen LogP contribution is -2.38. The Kier molecular flexibility index (Phi) is 2.55. The van der Waals surface area contributed by atoms with E-state index in [0.29, 0.717) is 0 Å². The molecule has 0 atom stereocenters. The van der Waals surface area contributed by atoms with Crippen LogP contribution in [0.1, 0.15) is 43.4 Å². The molecule has 0 aliphatic heterocycles. The molecule has 1 aromatic heterocycles. The topological polar surface area (TPSA) is 38.9 Å². The SMILES string of the molecule is Cc1ccc(C2(N)CCCCC2)cn1. The van der Waals surface area contributed by atoms with E-state index in [-0.39, 0.29) is 5.54 Å². The lowest BCUT2D eigenvalue weighted by Gasteiger charge is -2.33. The molecule has 0 unspecified atom stereocenters. The second-order valence-corrected chi connectivity index (χ2v) is 4.41. The van der Waals surface area contributed by atoms with Gasteiger partial charge in [0, 0.05) is 17.4 Å². The van der Waals surface area contributed by atoms with Crippen molar-refractivity contribution in [2.75, 3.05) is 0 Å². The smallest absolute Gasteiger partial charge is 0.0425 e. The maximum atomic E-state index is 6.39. The van der Waals surface area contributed by atoms with Gasteiger partial charge in [0.1, 0.15) is 0 Å². The van der Waals surface area contributed by atoms with Gasteiger partial charge >= 0.3 is 0 Å². The minimum atomic E-state index is -0.0983. The minimum Gasteiger partial charge on any atom is -0.321 e. The highest BCUT2D eigenvalue weighted by Gasteiger charge is 2.29. The van der Waals surface area contributed by atoms with Crippen LogP contribution < -0.4 is 5.73 Å². The van der Waals surface area contributed by atoms with Crippen LogP contribution in [0.5, 0.6) is 0 Å². The predicted molar refractivity (Wildman–Crippen MR) is 57.9 cm³/mol. The maximum Gasteiger partial charge on any atom is 0.0425 e. The molecule has 1 saturated carbocycles. The summed E-state index contributed by atoms with van der Waals surface area (Å²) < 4.78 is 0. The van der Waals surface area contributed by atoms with Crippen molar-refractivity contribution in [1.82, 2.24) is 4.98 Å². The van der Waals surface area contributed by atoms with Gasteiger partial charge in [0.25, 0.3) is 0 Å². The van der Waals surface area contributed by atoms with Crippen LogP contribution in [-0.4, -0.2) is 4.98 Å². The zero-order valence-corrected chi connectivity index (χ0v) is 8.79. The quantitative estimate of drug-likeness (QED) is 0.739. The summed E-state index contributed by atoms with van der Waals surface area (Å²) in [5.74, 6) is 0. The van der Waals surface area contributed by atoms with E-state index < -0.39 is 0 Å². The summed E-state index contributed by atoms with van der Waals surface area (Å²) in [6.45, 7) is 2.01. The standard InChI is InChI=1S/C12H18N2/c1-10-5-6-11(9-14-10)12(13)7-3-2-4-8-12/h5-6,9H,2-4,7-8,13H2,1H3. The first kappa shape index (κ1) is 9.66. The number of rotatable bonds is 1. The van der Waals surface area contributed by atoms with E-state index in [1.54, 1.807) is 0 Å². The molecule has 0 radical (unpaired) electrons. The zero-order valence-electron chi connectivity index (χ0n) is 8.79. The van der Waals surface area contributed by atoms with Gasteiger partial charge in [-0.1, -0.05) is 25.3 Å². The molecule has 0 spiro atoms. The van der Waals surface area contributed by atoms with Gasteiger partial charge in [0.05, 0.1) is 0 Å². The van der Waals surface area contributed by atoms with Gasteiger partial charge in [-0.15, -0.1) is 0 Å². The van der Waals surface area contributed by atoms with Crippen molar-refractivity contribution >= 4 is 0 Å². The first-order valence-corrected chi connectivity index (χ1v) is 5.43. The lowest BCUT2D eigenvalue weighted by atomic mass is 9.78. The highest BCUT2D eigenvalue weighted by molar-refractivity contribution is 5.22. The molecule has 1 aliphatic carbocycles. The van der Waals surface area contributed by atoms with E-state index in [9.17, 15) is 0 Å². The fourth-order valence-corrected chi connectivity index (χ4v) is 2.23. The van der Waals surface area contributed by atoms with Crippen LogP contribution in [-0.2, 0) is 5.54 Å². The van der Waals surface area contributed by atoms with Crippen molar-refractivity contribution in [1.29, 1.82) is 0 Å². The first-order chi connectivity index (χ1) is 6.71. The van der Waals surface area contributed by atoms with Crippen LogP contribution in [0.25, 0.3) is 0 Å². The average Bonchev–Trinajstić information content (AvgIpc) is 2.19. The van der Waals surface area contributed by atoms with Crippen LogP contribution in [0.2, 0.25) is 0 Å². The number of aromatic nitrogens is 1. The first-order valence-electron chi connectivity index (χ1n) is 5.43.